The zero-order chi connectivity index (χ0) is 37.9. The number of fused-ring (bicyclic) bond motifs is 3. The van der Waals surface area contributed by atoms with Crippen LogP contribution in [0.1, 0.15) is 57.4 Å². The molecule has 2 aromatic heterocycles. The van der Waals surface area contributed by atoms with Crippen LogP contribution in [0.15, 0.2) is 18.2 Å². The maximum atomic E-state index is 17.2. The minimum absolute atomic E-state index is 0.0119. The van der Waals surface area contributed by atoms with Crippen LogP contribution in [0.4, 0.5) is 32.8 Å². The van der Waals surface area contributed by atoms with Gasteiger partial charge in [0.25, 0.3) is 5.92 Å². The maximum Gasteiger partial charge on any atom is 0.319 e. The van der Waals surface area contributed by atoms with Gasteiger partial charge in [-0.3, -0.25) is 9.69 Å². The number of nitrogens with two attached hydrogens (primary N) is 1. The number of aromatic nitrogens is 2. The third-order valence-electron chi connectivity index (χ3n) is 12.6. The second-order valence-corrected chi connectivity index (χ2v) is 17.6. The molecule has 54 heavy (non-hydrogen) atoms. The summed E-state index contributed by atoms with van der Waals surface area (Å²) in [7, 11) is 0. The van der Waals surface area contributed by atoms with E-state index in [9.17, 15) is 27.6 Å². The standard InChI is InChI=1S/C38H37ClF5N7O2S/c1-35(15-38(35,43)44)33(52)50-17-36(18-50)7-2-3-9-49(16-36)32-22-11-24(39)27(21-5-6-25(41)30-26(21)23(13-45)31(46)54-30)28(42)29(22)47-34(48-32)53-19-37-8-4-10-51(37)14-20(40)12-37/h5-6,11,20H,2-4,7-10,12,14-19,46H2,1H3/t20-,35?,37+/m1/s1. The molecule has 2 N–H and O–H groups in total. The van der Waals surface area contributed by atoms with Gasteiger partial charge in [0.05, 0.1) is 20.8 Å². The van der Waals surface area contributed by atoms with E-state index < -0.39 is 52.4 Å². The zero-order valence-corrected chi connectivity index (χ0v) is 31.0. The quantitative estimate of drug-likeness (QED) is 0.198. The smallest absolute Gasteiger partial charge is 0.319 e. The highest BCUT2D eigenvalue weighted by Crippen LogP contribution is 2.62. The number of hydrogen-bond donors (Lipinski definition) is 1. The van der Waals surface area contributed by atoms with Crippen molar-refractivity contribution in [2.24, 2.45) is 10.8 Å². The van der Waals surface area contributed by atoms with E-state index in [0.29, 0.717) is 45.0 Å². The van der Waals surface area contributed by atoms with Crippen molar-refractivity contribution in [2.45, 2.75) is 69.5 Å². The largest absolute Gasteiger partial charge is 0.461 e. The Morgan fingerprint density at radius 1 is 1.15 bits per heavy atom. The second-order valence-electron chi connectivity index (χ2n) is 16.1. The van der Waals surface area contributed by atoms with Crippen LogP contribution in [0.25, 0.3) is 32.1 Å². The van der Waals surface area contributed by atoms with Crippen molar-refractivity contribution in [3.8, 4) is 23.2 Å². The molecule has 16 heteroatoms. The number of anilines is 2. The van der Waals surface area contributed by atoms with Gasteiger partial charge in [0.1, 0.15) is 46.4 Å². The van der Waals surface area contributed by atoms with Gasteiger partial charge >= 0.3 is 6.01 Å². The van der Waals surface area contributed by atoms with E-state index >= 15 is 4.39 Å². The highest BCUT2D eigenvalue weighted by Gasteiger charge is 2.74. The SMILES string of the molecule is CC1(C(=O)N2CC3(CCCCN(c4nc(OC[C@@]56CCCN5C[C@H](F)C6)nc5c(F)c(-c6ccc(F)c7sc(N)c(C#N)c67)c(Cl)cc45)C3)C2)CC1(F)F. The van der Waals surface area contributed by atoms with Crippen LogP contribution in [-0.4, -0.2) is 89.2 Å². The number of hydrogen-bond acceptors (Lipinski definition) is 9. The lowest BCUT2D eigenvalue weighted by Crippen LogP contribution is -2.63. The number of nitriles is 1. The number of nitrogen functional groups attached to an aromatic ring is 1. The van der Waals surface area contributed by atoms with Crippen LogP contribution in [0.3, 0.4) is 0 Å². The van der Waals surface area contributed by atoms with Crippen molar-refractivity contribution in [2.75, 3.05) is 56.5 Å². The molecule has 2 aromatic carbocycles. The fourth-order valence-corrected chi connectivity index (χ4v) is 10.8. The predicted octanol–water partition coefficient (Wildman–Crippen LogP) is 7.72. The van der Waals surface area contributed by atoms with Gasteiger partial charge in [0.2, 0.25) is 5.91 Å². The van der Waals surface area contributed by atoms with Crippen molar-refractivity contribution < 1.29 is 31.5 Å². The molecule has 6 heterocycles. The molecule has 4 aromatic rings. The molecule has 4 saturated heterocycles. The minimum atomic E-state index is -3.01. The van der Waals surface area contributed by atoms with E-state index in [2.05, 4.69) is 9.88 Å². The number of alkyl halides is 3. The van der Waals surface area contributed by atoms with E-state index in [-0.39, 0.29) is 60.3 Å². The van der Waals surface area contributed by atoms with E-state index in [0.717, 1.165) is 50.0 Å². The number of halogens is 6. The molecule has 1 unspecified atom stereocenters. The number of nitrogens with zero attached hydrogens (tertiary/aromatic N) is 6. The Balaban J connectivity index is 1.13. The average molecular weight is 786 g/mol. The van der Waals surface area contributed by atoms with Crippen LogP contribution < -0.4 is 15.4 Å². The first-order valence-corrected chi connectivity index (χ1v) is 19.4. The van der Waals surface area contributed by atoms with E-state index in [1.165, 1.54) is 24.0 Å². The molecule has 0 radical (unpaired) electrons. The van der Waals surface area contributed by atoms with Gasteiger partial charge in [-0.1, -0.05) is 24.1 Å². The monoisotopic (exact) mass is 785 g/mol. The summed E-state index contributed by atoms with van der Waals surface area (Å²) in [4.78, 5) is 28.2. The summed E-state index contributed by atoms with van der Waals surface area (Å²) in [5.41, 5.74) is 3.46. The normalized spacial score (nSPS) is 27.3. The van der Waals surface area contributed by atoms with Crippen molar-refractivity contribution in [1.82, 2.24) is 19.8 Å². The first-order chi connectivity index (χ1) is 25.7. The number of rotatable bonds is 6. The van der Waals surface area contributed by atoms with E-state index in [1.807, 2.05) is 11.0 Å². The first-order valence-electron chi connectivity index (χ1n) is 18.2. The molecule has 1 amide bonds. The van der Waals surface area contributed by atoms with Gasteiger partial charge in [-0.15, -0.1) is 11.3 Å². The zero-order valence-electron chi connectivity index (χ0n) is 29.5. The molecular formula is C38H37ClF5N7O2S. The van der Waals surface area contributed by atoms with Crippen LogP contribution in [0, 0.1) is 33.8 Å². The third kappa shape index (κ3) is 5.33. The minimum Gasteiger partial charge on any atom is -0.461 e. The fraction of sp³-hybridized carbons (Fsp3) is 0.526. The molecule has 4 aliphatic heterocycles. The number of ether oxygens (including phenoxy) is 1. The third-order valence-corrected chi connectivity index (χ3v) is 13.9. The number of carbonyl (C=O) groups excluding carboxylic acids is 1. The number of thiophene rings is 1. The molecule has 0 bridgehead atoms. The van der Waals surface area contributed by atoms with Crippen molar-refractivity contribution >= 4 is 60.7 Å². The number of benzene rings is 2. The summed E-state index contributed by atoms with van der Waals surface area (Å²) in [6.07, 6.45) is 2.84. The molecule has 9 rings (SSSR count). The average Bonchev–Trinajstić information content (AvgIpc) is 3.33. The van der Waals surface area contributed by atoms with Gasteiger partial charge in [0.15, 0.2) is 5.82 Å². The van der Waals surface area contributed by atoms with Crippen molar-refractivity contribution in [3.63, 3.8) is 0 Å². The van der Waals surface area contributed by atoms with Crippen molar-refractivity contribution in [3.05, 3.63) is 40.4 Å². The molecule has 5 aliphatic rings. The molecule has 5 fully saturated rings. The maximum absolute atomic E-state index is 17.2. The van der Waals surface area contributed by atoms with Crippen molar-refractivity contribution in [1.29, 1.82) is 5.26 Å². The molecule has 284 valence electrons. The highest BCUT2D eigenvalue weighted by atomic mass is 35.5. The van der Waals surface area contributed by atoms with E-state index in [4.69, 9.17) is 27.1 Å². The number of amides is 1. The Morgan fingerprint density at radius 3 is 2.67 bits per heavy atom. The Bertz CT molecular complexity index is 2300. The fourth-order valence-electron chi connectivity index (χ4n) is 9.56. The lowest BCUT2D eigenvalue weighted by molar-refractivity contribution is -0.152. The second kappa shape index (κ2) is 12.2. The Morgan fingerprint density at radius 2 is 1.93 bits per heavy atom. The number of likely N-dealkylation sites (tertiary alicyclic amines) is 1. The summed E-state index contributed by atoms with van der Waals surface area (Å²) in [5.74, 6) is -4.64. The number of carbonyl (C=O) groups is 1. The first kappa shape index (κ1) is 35.7. The van der Waals surface area contributed by atoms with Crippen LogP contribution in [0.2, 0.25) is 5.02 Å². The molecule has 3 atom stereocenters. The van der Waals surface area contributed by atoms with Crippen LogP contribution in [0.5, 0.6) is 6.01 Å². The van der Waals surface area contributed by atoms with Gasteiger partial charge in [-0.2, -0.15) is 15.2 Å². The molecule has 1 spiro atoms. The van der Waals surface area contributed by atoms with E-state index in [1.54, 1.807) is 6.07 Å². The Hall–Kier alpha value is -4.00. The summed E-state index contributed by atoms with van der Waals surface area (Å²) in [5, 5.41) is 10.4. The molecule has 9 nitrogen and oxygen atoms in total. The lowest BCUT2D eigenvalue weighted by Gasteiger charge is -2.52. The Kier molecular flexibility index (Phi) is 8.10. The summed E-state index contributed by atoms with van der Waals surface area (Å²) in [6.45, 7) is 4.05. The van der Waals surface area contributed by atoms with Gasteiger partial charge < -0.3 is 20.3 Å². The lowest BCUT2D eigenvalue weighted by atomic mass is 9.75. The molecular weight excluding hydrogens is 749 g/mol. The summed E-state index contributed by atoms with van der Waals surface area (Å²) >= 11 is 7.80. The van der Waals surface area contributed by atoms with Crippen LogP contribution >= 0.6 is 22.9 Å². The van der Waals surface area contributed by atoms with Gasteiger partial charge in [0, 0.05) is 67.3 Å². The summed E-state index contributed by atoms with van der Waals surface area (Å²) < 4.78 is 81.5. The Labute approximate surface area is 316 Å². The highest BCUT2D eigenvalue weighted by molar-refractivity contribution is 7.23. The topological polar surface area (TPSA) is 112 Å². The predicted molar refractivity (Wildman–Crippen MR) is 196 cm³/mol. The van der Waals surface area contributed by atoms with Crippen LogP contribution in [-0.2, 0) is 4.79 Å². The molecule has 1 aliphatic carbocycles. The van der Waals surface area contributed by atoms with Gasteiger partial charge in [-0.25, -0.2) is 22.0 Å². The molecule has 1 saturated carbocycles. The summed E-state index contributed by atoms with van der Waals surface area (Å²) in [6, 6.07) is 6.00. The van der Waals surface area contributed by atoms with Gasteiger partial charge in [-0.05, 0) is 56.8 Å².